The van der Waals surface area contributed by atoms with Crippen molar-refractivity contribution in [1.82, 2.24) is 20.4 Å². The molecule has 0 atom stereocenters. The molecule has 3 amide bonds. The molecule has 0 saturated carbocycles. The zero-order valence-corrected chi connectivity index (χ0v) is 33.9. The Kier molecular flexibility index (Phi) is 19.6. The number of carbonyl (C=O) groups excluding carboxylic acids is 3. The molecule has 2 aromatic carbocycles. The minimum absolute atomic E-state index is 0.0439. The molecule has 0 radical (unpaired) electrons. The first-order chi connectivity index (χ1) is 26.2. The molecule has 0 spiro atoms. The summed E-state index contributed by atoms with van der Waals surface area (Å²) < 4.78 is 17.4. The SMILES string of the molecule is CCCCOCCOCCOCCCNC(=O)CN(C)C(=O)/C=C/c1ccc2sc(C(=O)NCCCCN3CCN(c4cccc(Cl)c4Cl)CC3)cc2c1. The molecule has 1 aliphatic heterocycles. The highest BCUT2D eigenvalue weighted by atomic mass is 35.5. The van der Waals surface area contributed by atoms with Gasteiger partial charge in [-0.05, 0) is 79.6 Å². The number of fused-ring (bicyclic) bond motifs is 1. The van der Waals surface area contributed by atoms with Crippen molar-refractivity contribution >= 4 is 74.1 Å². The molecular formula is C40H55Cl2N5O6S. The number of amides is 3. The summed E-state index contributed by atoms with van der Waals surface area (Å²) in [4.78, 5) is 44.7. The Morgan fingerprint density at radius 1 is 0.852 bits per heavy atom. The van der Waals surface area contributed by atoms with Gasteiger partial charge in [0, 0.05) is 70.3 Å². The van der Waals surface area contributed by atoms with Crippen molar-refractivity contribution in [2.75, 3.05) is 104 Å². The standard InChI is InChI=1S/C40H55Cl2N5O6S/c1-3-4-22-51-24-26-53-27-25-52-23-8-16-43-37(48)30-45(2)38(49)14-12-31-11-13-35-32(28-31)29-36(54-35)40(50)44-15-5-6-17-46-18-20-47(21-19-46)34-10-7-9-33(41)39(34)42/h7,9-14,28-29H,3-6,8,15-27,30H2,1-2H3,(H,43,48)(H,44,50)/b14-12+. The number of nitrogens with zero attached hydrogens (tertiary/aromatic N) is 3. The number of piperazine rings is 1. The minimum atomic E-state index is -0.278. The number of halogens is 2. The monoisotopic (exact) mass is 803 g/mol. The van der Waals surface area contributed by atoms with Gasteiger partial charge in [0.2, 0.25) is 11.8 Å². The van der Waals surface area contributed by atoms with Crippen LogP contribution in [0.4, 0.5) is 5.69 Å². The van der Waals surface area contributed by atoms with Crippen molar-refractivity contribution in [3.05, 3.63) is 69.0 Å². The van der Waals surface area contributed by atoms with Gasteiger partial charge in [0.15, 0.2) is 0 Å². The van der Waals surface area contributed by atoms with Gasteiger partial charge in [-0.25, -0.2) is 0 Å². The maximum absolute atomic E-state index is 12.9. The van der Waals surface area contributed by atoms with Crippen molar-refractivity contribution in [3.63, 3.8) is 0 Å². The van der Waals surface area contributed by atoms with E-state index in [2.05, 4.69) is 27.4 Å². The summed E-state index contributed by atoms with van der Waals surface area (Å²) in [6.07, 6.45) is 7.93. The van der Waals surface area contributed by atoms with Crippen molar-refractivity contribution in [3.8, 4) is 0 Å². The zero-order valence-electron chi connectivity index (χ0n) is 31.6. The van der Waals surface area contributed by atoms with Crippen LogP contribution in [0.3, 0.4) is 0 Å². The molecule has 54 heavy (non-hydrogen) atoms. The number of hydrogen-bond acceptors (Lipinski definition) is 9. The highest BCUT2D eigenvalue weighted by molar-refractivity contribution is 7.20. The first kappa shape index (κ1) is 43.5. The van der Waals surface area contributed by atoms with Gasteiger partial charge in [0.1, 0.15) is 0 Å². The second-order valence-corrected chi connectivity index (χ2v) is 15.1. The Morgan fingerprint density at radius 2 is 1.56 bits per heavy atom. The first-order valence-electron chi connectivity index (χ1n) is 18.9. The summed E-state index contributed by atoms with van der Waals surface area (Å²) in [6.45, 7) is 11.3. The largest absolute Gasteiger partial charge is 0.379 e. The molecule has 1 saturated heterocycles. The van der Waals surface area contributed by atoms with Crippen LogP contribution in [0.2, 0.25) is 10.0 Å². The summed E-state index contributed by atoms with van der Waals surface area (Å²) in [5, 5.41) is 8.02. The molecule has 1 fully saturated rings. The number of unbranched alkanes of at least 4 members (excludes halogenated alkanes) is 2. The third kappa shape index (κ3) is 15.1. The second kappa shape index (κ2) is 24.3. The molecule has 296 valence electrons. The number of benzene rings is 2. The molecule has 11 nitrogen and oxygen atoms in total. The van der Waals surface area contributed by atoms with E-state index in [4.69, 9.17) is 37.4 Å². The highest BCUT2D eigenvalue weighted by Crippen LogP contribution is 2.33. The lowest BCUT2D eigenvalue weighted by Gasteiger charge is -2.36. The topological polar surface area (TPSA) is 113 Å². The summed E-state index contributed by atoms with van der Waals surface area (Å²) in [5.74, 6) is -0.585. The van der Waals surface area contributed by atoms with E-state index in [0.717, 1.165) is 86.4 Å². The second-order valence-electron chi connectivity index (χ2n) is 13.2. The van der Waals surface area contributed by atoms with Crippen LogP contribution in [0.1, 0.15) is 54.3 Å². The maximum Gasteiger partial charge on any atom is 0.261 e. The van der Waals surface area contributed by atoms with E-state index in [-0.39, 0.29) is 24.3 Å². The Bertz CT molecular complexity index is 1650. The number of carbonyl (C=O) groups is 3. The summed E-state index contributed by atoms with van der Waals surface area (Å²) in [7, 11) is 1.60. The Hall–Kier alpha value is -3.23. The van der Waals surface area contributed by atoms with Crippen molar-refractivity contribution in [1.29, 1.82) is 0 Å². The van der Waals surface area contributed by atoms with Gasteiger partial charge >= 0.3 is 0 Å². The molecule has 1 aromatic heterocycles. The maximum atomic E-state index is 12.9. The van der Waals surface area contributed by atoms with E-state index < -0.39 is 0 Å². The fraction of sp³-hybridized carbons (Fsp3) is 0.525. The minimum Gasteiger partial charge on any atom is -0.379 e. The molecular weight excluding hydrogens is 749 g/mol. The lowest BCUT2D eigenvalue weighted by atomic mass is 10.1. The predicted octanol–water partition coefficient (Wildman–Crippen LogP) is 6.37. The number of ether oxygens (including phenoxy) is 3. The lowest BCUT2D eigenvalue weighted by Crippen LogP contribution is -2.46. The van der Waals surface area contributed by atoms with Gasteiger partial charge < -0.3 is 34.6 Å². The van der Waals surface area contributed by atoms with Crippen LogP contribution >= 0.6 is 34.5 Å². The smallest absolute Gasteiger partial charge is 0.261 e. The Balaban J connectivity index is 1.06. The highest BCUT2D eigenvalue weighted by Gasteiger charge is 2.19. The molecule has 3 aromatic rings. The fourth-order valence-corrected chi connectivity index (χ4v) is 7.18. The van der Waals surface area contributed by atoms with E-state index in [1.165, 1.54) is 22.3 Å². The van der Waals surface area contributed by atoms with Crippen LogP contribution in [0.25, 0.3) is 16.2 Å². The normalized spacial score (nSPS) is 13.5. The molecule has 1 aliphatic rings. The molecule has 4 rings (SSSR count). The molecule has 14 heteroatoms. The molecule has 0 aliphatic carbocycles. The summed E-state index contributed by atoms with van der Waals surface area (Å²) >= 11 is 14.1. The number of rotatable bonds is 24. The van der Waals surface area contributed by atoms with Gasteiger partial charge in [0.05, 0.1) is 53.6 Å². The zero-order chi connectivity index (χ0) is 38.5. The number of nitrogens with one attached hydrogen (secondary N) is 2. The van der Waals surface area contributed by atoms with E-state index in [0.29, 0.717) is 67.5 Å². The van der Waals surface area contributed by atoms with Gasteiger partial charge in [-0.1, -0.05) is 48.7 Å². The predicted molar refractivity (Wildman–Crippen MR) is 220 cm³/mol. The van der Waals surface area contributed by atoms with E-state index in [1.54, 1.807) is 13.1 Å². The Morgan fingerprint density at radius 3 is 2.30 bits per heavy atom. The summed E-state index contributed by atoms with van der Waals surface area (Å²) in [6, 6.07) is 13.5. The van der Waals surface area contributed by atoms with Gasteiger partial charge in [-0.2, -0.15) is 0 Å². The third-order valence-corrected chi connectivity index (χ3v) is 10.9. The first-order valence-corrected chi connectivity index (χ1v) is 20.5. The van der Waals surface area contributed by atoms with Crippen LogP contribution in [-0.2, 0) is 23.8 Å². The van der Waals surface area contributed by atoms with Crippen LogP contribution in [0.5, 0.6) is 0 Å². The van der Waals surface area contributed by atoms with Crippen molar-refractivity contribution in [2.45, 2.75) is 39.0 Å². The van der Waals surface area contributed by atoms with Crippen molar-refractivity contribution in [2.24, 2.45) is 0 Å². The van der Waals surface area contributed by atoms with Gasteiger partial charge in [-0.3, -0.25) is 19.3 Å². The average Bonchev–Trinajstić information content (AvgIpc) is 3.61. The van der Waals surface area contributed by atoms with E-state index in [1.807, 2.05) is 42.5 Å². The molecule has 0 bridgehead atoms. The van der Waals surface area contributed by atoms with Gasteiger partial charge in [-0.15, -0.1) is 11.3 Å². The van der Waals surface area contributed by atoms with Crippen LogP contribution in [-0.4, -0.2) is 127 Å². The van der Waals surface area contributed by atoms with Crippen molar-refractivity contribution < 1.29 is 28.6 Å². The molecule has 2 heterocycles. The lowest BCUT2D eigenvalue weighted by molar-refractivity contribution is -0.131. The fourth-order valence-electron chi connectivity index (χ4n) is 5.81. The van der Waals surface area contributed by atoms with E-state index >= 15 is 0 Å². The van der Waals surface area contributed by atoms with Gasteiger partial charge in [0.25, 0.3) is 5.91 Å². The number of likely N-dealkylation sites (N-methyl/N-ethyl adjacent to an activating group) is 1. The number of anilines is 1. The molecule has 2 N–H and O–H groups in total. The van der Waals surface area contributed by atoms with Crippen LogP contribution < -0.4 is 15.5 Å². The number of thiophene rings is 1. The van der Waals surface area contributed by atoms with Crippen LogP contribution in [0.15, 0.2) is 48.5 Å². The third-order valence-electron chi connectivity index (χ3n) is 8.94. The average molecular weight is 805 g/mol. The Labute approximate surface area is 333 Å². The summed E-state index contributed by atoms with van der Waals surface area (Å²) in [5.41, 5.74) is 1.82. The molecule has 0 unspecified atom stereocenters. The van der Waals surface area contributed by atoms with Crippen LogP contribution in [0, 0.1) is 0 Å². The van der Waals surface area contributed by atoms with E-state index in [9.17, 15) is 14.4 Å². The number of hydrogen-bond donors (Lipinski definition) is 2. The quantitative estimate of drug-likeness (QED) is 0.0795.